The molecule has 2 aromatic heterocycles. The van der Waals surface area contributed by atoms with Crippen LogP contribution in [0, 0.1) is 5.95 Å². The Labute approximate surface area is 132 Å². The van der Waals surface area contributed by atoms with Crippen LogP contribution in [0.4, 0.5) is 4.39 Å². The third-order valence-electron chi connectivity index (χ3n) is 3.05. The highest BCUT2D eigenvalue weighted by atomic mass is 32.1. The van der Waals surface area contributed by atoms with Gasteiger partial charge in [0.15, 0.2) is 0 Å². The fourth-order valence-corrected chi connectivity index (χ4v) is 2.75. The molecule has 0 bridgehead atoms. The van der Waals surface area contributed by atoms with Gasteiger partial charge in [-0.05, 0) is 26.0 Å². The predicted molar refractivity (Wildman–Crippen MR) is 82.1 cm³/mol. The van der Waals surface area contributed by atoms with Gasteiger partial charge in [-0.25, -0.2) is 9.97 Å². The molecule has 22 heavy (non-hydrogen) atoms. The molecular weight excluding hydrogens is 305 g/mol. The van der Waals surface area contributed by atoms with Crippen LogP contribution in [-0.4, -0.2) is 34.4 Å². The molecule has 7 heteroatoms. The second kappa shape index (κ2) is 7.42. The molecule has 0 saturated heterocycles. The van der Waals surface area contributed by atoms with Gasteiger partial charge in [0.2, 0.25) is 5.95 Å². The highest BCUT2D eigenvalue weighted by Crippen LogP contribution is 2.21. The number of hydrogen-bond donors (Lipinski definition) is 0. The molecule has 0 saturated carbocycles. The van der Waals surface area contributed by atoms with E-state index in [2.05, 4.69) is 9.97 Å². The number of ether oxygens (including phenoxy) is 1. The number of amides is 1. The molecule has 0 radical (unpaired) electrons. The molecule has 1 amide bonds. The number of pyridine rings is 1. The maximum absolute atomic E-state index is 12.8. The van der Waals surface area contributed by atoms with Crippen LogP contribution in [0.3, 0.4) is 0 Å². The lowest BCUT2D eigenvalue weighted by Crippen LogP contribution is -2.26. The maximum atomic E-state index is 12.8. The van der Waals surface area contributed by atoms with Crippen molar-refractivity contribution in [1.29, 1.82) is 0 Å². The van der Waals surface area contributed by atoms with Crippen molar-refractivity contribution in [3.63, 3.8) is 0 Å². The smallest absolute Gasteiger partial charge is 0.255 e. The Morgan fingerprint density at radius 1 is 1.50 bits per heavy atom. The SMILES string of the molecule is CCO[C@@H](C)c1nc(CN(C)C(=O)c2ccc(F)nc2)cs1. The second-order valence-corrected chi connectivity index (χ2v) is 5.70. The first-order valence-electron chi connectivity index (χ1n) is 6.94. The van der Waals surface area contributed by atoms with Crippen molar-refractivity contribution in [1.82, 2.24) is 14.9 Å². The quantitative estimate of drug-likeness (QED) is 0.767. The van der Waals surface area contributed by atoms with Crippen LogP contribution < -0.4 is 0 Å². The molecule has 2 aromatic rings. The average Bonchev–Trinajstić information content (AvgIpc) is 2.96. The largest absolute Gasteiger partial charge is 0.372 e. The fourth-order valence-electron chi connectivity index (χ4n) is 1.94. The summed E-state index contributed by atoms with van der Waals surface area (Å²) in [6, 6.07) is 2.59. The lowest BCUT2D eigenvalue weighted by Gasteiger charge is -2.15. The molecule has 2 rings (SSSR count). The monoisotopic (exact) mass is 323 g/mol. The Balaban J connectivity index is 2.01. The van der Waals surface area contributed by atoms with Crippen molar-refractivity contribution >= 4 is 17.2 Å². The van der Waals surface area contributed by atoms with Crippen LogP contribution in [0.5, 0.6) is 0 Å². The summed E-state index contributed by atoms with van der Waals surface area (Å²) in [7, 11) is 1.68. The number of aromatic nitrogens is 2. The highest BCUT2D eigenvalue weighted by molar-refractivity contribution is 7.09. The first-order chi connectivity index (χ1) is 10.5. The summed E-state index contributed by atoms with van der Waals surface area (Å²) < 4.78 is 18.3. The van der Waals surface area contributed by atoms with E-state index in [0.717, 1.165) is 10.7 Å². The molecule has 0 aliphatic rings. The number of thiazole rings is 1. The minimum atomic E-state index is -0.603. The summed E-state index contributed by atoms with van der Waals surface area (Å²) >= 11 is 1.51. The van der Waals surface area contributed by atoms with Gasteiger partial charge in [-0.3, -0.25) is 4.79 Å². The molecule has 0 fully saturated rings. The molecular formula is C15H18FN3O2S. The van der Waals surface area contributed by atoms with Crippen molar-refractivity contribution in [2.45, 2.75) is 26.5 Å². The summed E-state index contributed by atoms with van der Waals surface area (Å²) in [6.45, 7) is 4.90. The second-order valence-electron chi connectivity index (χ2n) is 4.81. The molecule has 1 atom stereocenters. The van der Waals surface area contributed by atoms with Crippen LogP contribution in [0.1, 0.15) is 41.0 Å². The predicted octanol–water partition coefficient (Wildman–Crippen LogP) is 3.05. The van der Waals surface area contributed by atoms with E-state index in [4.69, 9.17) is 4.74 Å². The van der Waals surface area contributed by atoms with E-state index in [-0.39, 0.29) is 12.0 Å². The summed E-state index contributed by atoms with van der Waals surface area (Å²) in [5.74, 6) is -0.826. The normalized spacial score (nSPS) is 12.2. The van der Waals surface area contributed by atoms with E-state index in [1.165, 1.54) is 34.6 Å². The number of halogens is 1. The Kier molecular flexibility index (Phi) is 5.57. The Morgan fingerprint density at radius 2 is 2.27 bits per heavy atom. The summed E-state index contributed by atoms with van der Waals surface area (Å²) in [6.07, 6.45) is 1.18. The van der Waals surface area contributed by atoms with E-state index in [9.17, 15) is 9.18 Å². The molecule has 0 unspecified atom stereocenters. The minimum Gasteiger partial charge on any atom is -0.372 e. The van der Waals surface area contributed by atoms with Crippen molar-refractivity contribution in [3.8, 4) is 0 Å². The van der Waals surface area contributed by atoms with Gasteiger partial charge >= 0.3 is 0 Å². The Bertz CT molecular complexity index is 630. The number of carbonyl (C=O) groups excluding carboxylic acids is 1. The van der Waals surface area contributed by atoms with Gasteiger partial charge in [0, 0.05) is 25.2 Å². The minimum absolute atomic E-state index is 0.0499. The molecule has 118 valence electrons. The van der Waals surface area contributed by atoms with Crippen LogP contribution in [0.15, 0.2) is 23.7 Å². The van der Waals surface area contributed by atoms with Crippen molar-refractivity contribution in [3.05, 3.63) is 45.9 Å². The van der Waals surface area contributed by atoms with Crippen LogP contribution >= 0.6 is 11.3 Å². The summed E-state index contributed by atoms with van der Waals surface area (Å²) in [4.78, 5) is 21.7. The van der Waals surface area contributed by atoms with Gasteiger partial charge in [-0.15, -0.1) is 11.3 Å². The zero-order chi connectivity index (χ0) is 16.1. The third kappa shape index (κ3) is 4.08. The zero-order valence-electron chi connectivity index (χ0n) is 12.7. The summed E-state index contributed by atoms with van der Waals surface area (Å²) in [5.41, 5.74) is 1.15. The molecule has 0 N–H and O–H groups in total. The number of carbonyl (C=O) groups is 1. The van der Waals surface area contributed by atoms with Gasteiger partial charge in [0.25, 0.3) is 5.91 Å². The standard InChI is InChI=1S/C15H18FN3O2S/c1-4-21-10(2)14-18-12(9-22-14)8-19(3)15(20)11-5-6-13(16)17-7-11/h5-7,9-10H,4,8H2,1-3H3/t10-/m0/s1. The average molecular weight is 323 g/mol. The fraction of sp³-hybridized carbons (Fsp3) is 0.400. The molecule has 0 aliphatic heterocycles. The van der Waals surface area contributed by atoms with E-state index in [1.807, 2.05) is 19.2 Å². The van der Waals surface area contributed by atoms with Crippen LogP contribution in [0.2, 0.25) is 0 Å². The van der Waals surface area contributed by atoms with Gasteiger partial charge in [0.1, 0.15) is 11.1 Å². The zero-order valence-corrected chi connectivity index (χ0v) is 13.6. The molecule has 0 spiro atoms. The third-order valence-corrected chi connectivity index (χ3v) is 4.11. The Hall–Kier alpha value is -1.86. The topological polar surface area (TPSA) is 55.3 Å². The van der Waals surface area contributed by atoms with Gasteiger partial charge in [0.05, 0.1) is 17.8 Å². The number of hydrogen-bond acceptors (Lipinski definition) is 5. The van der Waals surface area contributed by atoms with E-state index >= 15 is 0 Å². The van der Waals surface area contributed by atoms with Gasteiger partial charge in [-0.1, -0.05) is 0 Å². The molecule has 2 heterocycles. The van der Waals surface area contributed by atoms with E-state index < -0.39 is 5.95 Å². The van der Waals surface area contributed by atoms with Crippen molar-refractivity contribution in [2.75, 3.05) is 13.7 Å². The van der Waals surface area contributed by atoms with Gasteiger partial charge < -0.3 is 9.64 Å². The van der Waals surface area contributed by atoms with Crippen molar-refractivity contribution < 1.29 is 13.9 Å². The molecule has 0 aromatic carbocycles. The first-order valence-corrected chi connectivity index (χ1v) is 7.82. The van der Waals surface area contributed by atoms with Crippen molar-refractivity contribution in [2.24, 2.45) is 0 Å². The van der Waals surface area contributed by atoms with Crippen LogP contribution in [0.25, 0.3) is 0 Å². The first kappa shape index (κ1) is 16.5. The number of rotatable bonds is 6. The Morgan fingerprint density at radius 3 is 2.91 bits per heavy atom. The lowest BCUT2D eigenvalue weighted by atomic mass is 10.2. The van der Waals surface area contributed by atoms with Gasteiger partial charge in [-0.2, -0.15) is 4.39 Å². The maximum Gasteiger partial charge on any atom is 0.255 e. The highest BCUT2D eigenvalue weighted by Gasteiger charge is 2.16. The van der Waals surface area contributed by atoms with E-state index in [0.29, 0.717) is 18.7 Å². The lowest BCUT2D eigenvalue weighted by molar-refractivity contribution is 0.0756. The molecule has 5 nitrogen and oxygen atoms in total. The number of nitrogens with zero attached hydrogens (tertiary/aromatic N) is 3. The summed E-state index contributed by atoms with van der Waals surface area (Å²) in [5, 5.41) is 2.80. The molecule has 0 aliphatic carbocycles. The van der Waals surface area contributed by atoms with Crippen LogP contribution in [-0.2, 0) is 11.3 Å². The van der Waals surface area contributed by atoms with E-state index in [1.54, 1.807) is 7.05 Å².